The highest BCUT2D eigenvalue weighted by molar-refractivity contribution is 5.74. The minimum absolute atomic E-state index is 0.366. The van der Waals surface area contributed by atoms with E-state index in [1.165, 1.54) is 12.8 Å². The zero-order valence-corrected chi connectivity index (χ0v) is 13.6. The van der Waals surface area contributed by atoms with Crippen molar-refractivity contribution in [3.05, 3.63) is 42.2 Å². The maximum atomic E-state index is 11.7. The standard InChI is InChI=1S/C19H22N2O3/c22-19(23)18-10-14-8-4-5-9-17(14)21(18)12-15-11-16(20-24-15)13-6-2-1-3-7-13/h1-3,6-7,11,14,17-18H,4-5,8-10,12H2,(H,22,23)/t14-,17-,18-/m0/s1. The van der Waals surface area contributed by atoms with E-state index in [1.54, 1.807) is 0 Å². The van der Waals surface area contributed by atoms with Gasteiger partial charge in [0.2, 0.25) is 0 Å². The lowest BCUT2D eigenvalue weighted by Crippen LogP contribution is -2.41. The SMILES string of the molecule is O=C(O)[C@@H]1C[C@@H]2CCCC[C@@H]2N1Cc1cc(-c2ccccc2)no1. The van der Waals surface area contributed by atoms with Crippen LogP contribution < -0.4 is 0 Å². The molecule has 0 amide bonds. The van der Waals surface area contributed by atoms with E-state index < -0.39 is 12.0 Å². The Hall–Kier alpha value is -2.14. The molecule has 4 rings (SSSR count). The molecule has 1 aromatic heterocycles. The van der Waals surface area contributed by atoms with Crippen LogP contribution in [0.2, 0.25) is 0 Å². The zero-order valence-electron chi connectivity index (χ0n) is 13.6. The fourth-order valence-electron chi connectivity index (χ4n) is 4.34. The topological polar surface area (TPSA) is 66.6 Å². The van der Waals surface area contributed by atoms with Crippen molar-refractivity contribution < 1.29 is 14.4 Å². The molecule has 1 aliphatic carbocycles. The van der Waals surface area contributed by atoms with Gasteiger partial charge in [-0.05, 0) is 25.2 Å². The summed E-state index contributed by atoms with van der Waals surface area (Å²) in [7, 11) is 0. The van der Waals surface area contributed by atoms with Crippen LogP contribution in [-0.2, 0) is 11.3 Å². The molecule has 3 atom stereocenters. The number of aromatic nitrogens is 1. The van der Waals surface area contributed by atoms with E-state index in [1.807, 2.05) is 36.4 Å². The summed E-state index contributed by atoms with van der Waals surface area (Å²) >= 11 is 0. The van der Waals surface area contributed by atoms with Gasteiger partial charge < -0.3 is 9.63 Å². The number of nitrogens with zero attached hydrogens (tertiary/aromatic N) is 2. The van der Waals surface area contributed by atoms with Crippen LogP contribution in [0.1, 0.15) is 37.9 Å². The number of fused-ring (bicyclic) bond motifs is 1. The van der Waals surface area contributed by atoms with E-state index in [0.29, 0.717) is 18.5 Å². The highest BCUT2D eigenvalue weighted by Crippen LogP contribution is 2.40. The van der Waals surface area contributed by atoms with Crippen LogP contribution in [0.25, 0.3) is 11.3 Å². The van der Waals surface area contributed by atoms with Crippen LogP contribution in [0.15, 0.2) is 40.9 Å². The van der Waals surface area contributed by atoms with Gasteiger partial charge in [-0.1, -0.05) is 48.3 Å². The molecule has 126 valence electrons. The number of carboxylic acid groups (broad SMARTS) is 1. The molecule has 5 nitrogen and oxygen atoms in total. The van der Waals surface area contributed by atoms with Crippen molar-refractivity contribution in [2.24, 2.45) is 5.92 Å². The highest BCUT2D eigenvalue weighted by Gasteiger charge is 2.45. The lowest BCUT2D eigenvalue weighted by Gasteiger charge is -2.32. The average Bonchev–Trinajstić information content (AvgIpc) is 3.21. The zero-order chi connectivity index (χ0) is 16.5. The number of benzene rings is 1. The van der Waals surface area contributed by atoms with Crippen LogP contribution in [0.4, 0.5) is 0 Å². The molecule has 2 aliphatic rings. The van der Waals surface area contributed by atoms with Gasteiger partial charge in [0, 0.05) is 17.7 Å². The van der Waals surface area contributed by atoms with Gasteiger partial charge in [0.15, 0.2) is 5.76 Å². The Kier molecular flexibility index (Phi) is 4.10. The quantitative estimate of drug-likeness (QED) is 0.930. The summed E-state index contributed by atoms with van der Waals surface area (Å²) in [5.41, 5.74) is 1.82. The minimum Gasteiger partial charge on any atom is -0.480 e. The molecule has 2 fully saturated rings. The van der Waals surface area contributed by atoms with Crippen molar-refractivity contribution in [1.82, 2.24) is 10.1 Å². The van der Waals surface area contributed by atoms with E-state index in [4.69, 9.17) is 4.52 Å². The van der Waals surface area contributed by atoms with Crippen molar-refractivity contribution in [1.29, 1.82) is 0 Å². The van der Waals surface area contributed by atoms with Crippen molar-refractivity contribution >= 4 is 5.97 Å². The van der Waals surface area contributed by atoms with Crippen LogP contribution >= 0.6 is 0 Å². The molecule has 24 heavy (non-hydrogen) atoms. The Morgan fingerprint density at radius 1 is 1.25 bits per heavy atom. The molecule has 2 heterocycles. The first-order valence-electron chi connectivity index (χ1n) is 8.72. The van der Waals surface area contributed by atoms with Crippen molar-refractivity contribution in [3.8, 4) is 11.3 Å². The Balaban J connectivity index is 1.55. The molecule has 1 aliphatic heterocycles. The lowest BCUT2D eigenvalue weighted by atomic mass is 9.85. The monoisotopic (exact) mass is 326 g/mol. The van der Waals surface area contributed by atoms with Gasteiger partial charge in [-0.3, -0.25) is 9.69 Å². The Morgan fingerprint density at radius 3 is 2.83 bits per heavy atom. The van der Waals surface area contributed by atoms with Gasteiger partial charge in [-0.25, -0.2) is 0 Å². The van der Waals surface area contributed by atoms with Crippen LogP contribution in [0, 0.1) is 5.92 Å². The van der Waals surface area contributed by atoms with Gasteiger partial charge in [0.25, 0.3) is 0 Å². The summed E-state index contributed by atoms with van der Waals surface area (Å²) in [6.45, 7) is 0.526. The third-order valence-corrected chi connectivity index (χ3v) is 5.47. The molecule has 1 N–H and O–H groups in total. The van der Waals surface area contributed by atoms with E-state index in [0.717, 1.165) is 36.3 Å². The Bertz CT molecular complexity index is 712. The molecule has 2 aromatic rings. The fourth-order valence-corrected chi connectivity index (χ4v) is 4.34. The summed E-state index contributed by atoms with van der Waals surface area (Å²) < 4.78 is 5.50. The van der Waals surface area contributed by atoms with Gasteiger partial charge >= 0.3 is 5.97 Å². The van der Waals surface area contributed by atoms with Gasteiger partial charge in [0.05, 0.1) is 6.54 Å². The number of hydrogen-bond acceptors (Lipinski definition) is 4. The largest absolute Gasteiger partial charge is 0.480 e. The smallest absolute Gasteiger partial charge is 0.320 e. The average molecular weight is 326 g/mol. The first-order chi connectivity index (χ1) is 11.7. The van der Waals surface area contributed by atoms with E-state index in [2.05, 4.69) is 10.1 Å². The van der Waals surface area contributed by atoms with Crippen molar-refractivity contribution in [2.75, 3.05) is 0 Å². The van der Waals surface area contributed by atoms with Crippen molar-refractivity contribution in [2.45, 2.75) is 50.7 Å². The first kappa shape index (κ1) is 15.4. The fraction of sp³-hybridized carbons (Fsp3) is 0.474. The van der Waals surface area contributed by atoms with E-state index in [9.17, 15) is 9.90 Å². The highest BCUT2D eigenvalue weighted by atomic mass is 16.5. The minimum atomic E-state index is -0.716. The number of aliphatic carboxylic acids is 1. The van der Waals surface area contributed by atoms with Crippen molar-refractivity contribution in [3.63, 3.8) is 0 Å². The predicted molar refractivity (Wildman–Crippen MR) is 89.3 cm³/mol. The number of likely N-dealkylation sites (tertiary alicyclic amines) is 1. The Labute approximate surface area is 141 Å². The van der Waals surface area contributed by atoms with Gasteiger partial charge in [-0.15, -0.1) is 0 Å². The molecular weight excluding hydrogens is 304 g/mol. The number of hydrogen-bond donors (Lipinski definition) is 1. The van der Waals surface area contributed by atoms with Gasteiger partial charge in [-0.2, -0.15) is 0 Å². The molecule has 1 aromatic carbocycles. The molecule has 0 bridgehead atoms. The molecule has 1 saturated carbocycles. The summed E-state index contributed by atoms with van der Waals surface area (Å²) in [6, 6.07) is 11.8. The van der Waals surface area contributed by atoms with Crippen LogP contribution in [0.5, 0.6) is 0 Å². The maximum absolute atomic E-state index is 11.7. The molecule has 1 saturated heterocycles. The second-order valence-electron chi connectivity index (χ2n) is 6.92. The number of rotatable bonds is 4. The molecule has 0 spiro atoms. The third-order valence-electron chi connectivity index (χ3n) is 5.47. The molecule has 0 unspecified atom stereocenters. The maximum Gasteiger partial charge on any atom is 0.320 e. The van der Waals surface area contributed by atoms with Crippen LogP contribution in [-0.4, -0.2) is 33.2 Å². The van der Waals surface area contributed by atoms with Gasteiger partial charge in [0.1, 0.15) is 11.7 Å². The van der Waals surface area contributed by atoms with Crippen LogP contribution in [0.3, 0.4) is 0 Å². The van der Waals surface area contributed by atoms with E-state index >= 15 is 0 Å². The summed E-state index contributed by atoms with van der Waals surface area (Å²) in [4.78, 5) is 13.8. The Morgan fingerprint density at radius 2 is 2.04 bits per heavy atom. The lowest BCUT2D eigenvalue weighted by molar-refractivity contribution is -0.143. The predicted octanol–water partition coefficient (Wildman–Crippen LogP) is 3.56. The second kappa shape index (κ2) is 6.40. The number of carbonyl (C=O) groups is 1. The summed E-state index contributed by atoms with van der Waals surface area (Å²) in [6.07, 6.45) is 5.42. The molecule has 0 radical (unpaired) electrons. The molecular formula is C19H22N2O3. The summed E-state index contributed by atoms with van der Waals surface area (Å²) in [5.74, 6) is 0.537. The van der Waals surface area contributed by atoms with E-state index in [-0.39, 0.29) is 0 Å². The number of carboxylic acids is 1. The second-order valence-corrected chi connectivity index (χ2v) is 6.92. The molecule has 5 heteroatoms. The first-order valence-corrected chi connectivity index (χ1v) is 8.72. The normalized spacial score (nSPS) is 27.1. The summed E-state index contributed by atoms with van der Waals surface area (Å²) in [5, 5.41) is 13.8. The third kappa shape index (κ3) is 2.84.